The van der Waals surface area contributed by atoms with E-state index in [1.165, 1.54) is 6.92 Å². The van der Waals surface area contributed by atoms with Crippen LogP contribution in [-0.2, 0) is 14.6 Å². The van der Waals surface area contributed by atoms with Crippen molar-refractivity contribution in [1.29, 1.82) is 0 Å². The van der Waals surface area contributed by atoms with Gasteiger partial charge < -0.3 is 33.9 Å². The Hall–Kier alpha value is -2.69. The molecular weight excluding hydrogens is 476 g/mol. The van der Waals surface area contributed by atoms with Gasteiger partial charge in [-0.05, 0) is 61.6 Å². The van der Waals surface area contributed by atoms with Gasteiger partial charge in [-0.15, -0.1) is 0 Å². The lowest BCUT2D eigenvalue weighted by molar-refractivity contribution is 0.0436. The molecule has 3 unspecified atom stereocenters. The fraction of sp³-hybridized carbons (Fsp3) is 0.520. The molecule has 1 saturated heterocycles. The first-order valence-electron chi connectivity index (χ1n) is 11.5. The Morgan fingerprint density at radius 1 is 0.971 bits per heavy atom. The third-order valence-corrected chi connectivity index (χ3v) is 7.69. The SMILES string of the molecule is COc1cc(C2CCC(c3ccc(OCCCS(=O)(=O)CC(C)O)c(O)c3)O2)cc(OC)c1OC. The van der Waals surface area contributed by atoms with Gasteiger partial charge in [-0.1, -0.05) is 6.07 Å². The van der Waals surface area contributed by atoms with Gasteiger partial charge in [-0.3, -0.25) is 0 Å². The third kappa shape index (κ3) is 6.93. The molecule has 1 fully saturated rings. The van der Waals surface area contributed by atoms with E-state index in [1.54, 1.807) is 33.5 Å². The fourth-order valence-electron chi connectivity index (χ4n) is 4.18. The number of sulfone groups is 1. The first kappa shape index (κ1) is 26.9. The molecule has 10 heteroatoms. The summed E-state index contributed by atoms with van der Waals surface area (Å²) in [5.74, 6) is 1.53. The van der Waals surface area contributed by atoms with Crippen LogP contribution in [0.5, 0.6) is 28.7 Å². The van der Waals surface area contributed by atoms with Crippen LogP contribution in [0.2, 0.25) is 0 Å². The van der Waals surface area contributed by atoms with E-state index in [1.807, 2.05) is 18.2 Å². The Morgan fingerprint density at radius 3 is 2.14 bits per heavy atom. The van der Waals surface area contributed by atoms with Gasteiger partial charge in [0.05, 0.1) is 57.8 Å². The van der Waals surface area contributed by atoms with Crippen molar-refractivity contribution in [3.05, 3.63) is 41.5 Å². The number of aromatic hydroxyl groups is 1. The summed E-state index contributed by atoms with van der Waals surface area (Å²) < 4.78 is 51.8. The molecule has 3 atom stereocenters. The van der Waals surface area contributed by atoms with Crippen molar-refractivity contribution in [3.63, 3.8) is 0 Å². The van der Waals surface area contributed by atoms with Gasteiger partial charge in [0.15, 0.2) is 32.8 Å². The van der Waals surface area contributed by atoms with Crippen molar-refractivity contribution in [3.8, 4) is 28.7 Å². The summed E-state index contributed by atoms with van der Waals surface area (Å²) in [6.07, 6.45) is 0.535. The molecule has 35 heavy (non-hydrogen) atoms. The zero-order valence-electron chi connectivity index (χ0n) is 20.5. The number of phenolic OH excluding ortho intramolecular Hbond substituents is 1. The molecule has 0 radical (unpaired) electrons. The molecule has 1 aliphatic rings. The number of phenols is 1. The number of methoxy groups -OCH3 is 3. The standard InChI is InChI=1S/C25H34O9S/c1-16(26)15-35(28,29)11-5-10-33-22-7-6-17(12-19(22)27)20-8-9-21(34-20)18-13-23(30-2)25(32-4)24(14-18)31-3/h6-7,12-14,16,20-21,26-27H,5,8-11,15H2,1-4H3. The number of aliphatic hydroxyl groups excluding tert-OH is 1. The predicted molar refractivity (Wildman–Crippen MR) is 130 cm³/mol. The summed E-state index contributed by atoms with van der Waals surface area (Å²) >= 11 is 0. The highest BCUT2D eigenvalue weighted by Gasteiger charge is 2.30. The van der Waals surface area contributed by atoms with Gasteiger partial charge in [-0.2, -0.15) is 0 Å². The highest BCUT2D eigenvalue weighted by atomic mass is 32.2. The molecule has 0 aliphatic carbocycles. The van der Waals surface area contributed by atoms with Gasteiger partial charge in [0.25, 0.3) is 0 Å². The van der Waals surface area contributed by atoms with Gasteiger partial charge in [0, 0.05) is 0 Å². The van der Waals surface area contributed by atoms with Crippen molar-refractivity contribution in [2.75, 3.05) is 39.4 Å². The minimum Gasteiger partial charge on any atom is -0.504 e. The minimum atomic E-state index is -3.34. The zero-order chi connectivity index (χ0) is 25.6. The van der Waals surface area contributed by atoms with E-state index < -0.39 is 15.9 Å². The molecule has 2 N–H and O–H groups in total. The van der Waals surface area contributed by atoms with Gasteiger partial charge in [0.2, 0.25) is 5.75 Å². The van der Waals surface area contributed by atoms with Gasteiger partial charge >= 0.3 is 0 Å². The second kappa shape index (κ2) is 11.8. The second-order valence-electron chi connectivity index (χ2n) is 8.54. The van der Waals surface area contributed by atoms with Crippen LogP contribution < -0.4 is 18.9 Å². The van der Waals surface area contributed by atoms with Crippen LogP contribution >= 0.6 is 0 Å². The molecule has 9 nitrogen and oxygen atoms in total. The van der Waals surface area contributed by atoms with Crippen LogP contribution in [0.4, 0.5) is 0 Å². The molecule has 194 valence electrons. The maximum atomic E-state index is 11.8. The molecule has 1 heterocycles. The van der Waals surface area contributed by atoms with E-state index >= 15 is 0 Å². The predicted octanol–water partition coefficient (Wildman–Crippen LogP) is 3.58. The Balaban J connectivity index is 1.61. The van der Waals surface area contributed by atoms with E-state index in [0.29, 0.717) is 17.2 Å². The molecule has 0 spiro atoms. The highest BCUT2D eigenvalue weighted by Crippen LogP contribution is 2.46. The monoisotopic (exact) mass is 510 g/mol. The lowest BCUT2D eigenvalue weighted by Crippen LogP contribution is -2.21. The molecular formula is C25H34O9S. The number of benzene rings is 2. The normalized spacial score (nSPS) is 18.8. The fourth-order valence-corrected chi connectivity index (χ4v) is 5.64. The van der Waals surface area contributed by atoms with Crippen molar-refractivity contribution < 1.29 is 42.3 Å². The van der Waals surface area contributed by atoms with Crippen LogP contribution in [0.15, 0.2) is 30.3 Å². The van der Waals surface area contributed by atoms with E-state index in [0.717, 1.165) is 24.0 Å². The summed E-state index contributed by atoms with van der Waals surface area (Å²) in [5, 5.41) is 19.7. The van der Waals surface area contributed by atoms with E-state index in [4.69, 9.17) is 23.7 Å². The largest absolute Gasteiger partial charge is 0.504 e. The Bertz CT molecular complexity index is 1070. The molecule has 0 aromatic heterocycles. The van der Waals surface area contributed by atoms with Crippen LogP contribution in [0, 0.1) is 0 Å². The lowest BCUT2D eigenvalue weighted by Gasteiger charge is -2.18. The van der Waals surface area contributed by atoms with E-state index in [9.17, 15) is 18.6 Å². The Kier molecular flexibility index (Phi) is 9.09. The van der Waals surface area contributed by atoms with Gasteiger partial charge in [0.1, 0.15) is 0 Å². The number of ether oxygens (including phenoxy) is 5. The summed E-state index contributed by atoms with van der Waals surface area (Å²) in [5.41, 5.74) is 1.74. The molecule has 3 rings (SSSR count). The first-order valence-corrected chi connectivity index (χ1v) is 13.3. The number of hydrogen-bond donors (Lipinski definition) is 2. The number of hydrogen-bond acceptors (Lipinski definition) is 9. The Morgan fingerprint density at radius 2 is 1.60 bits per heavy atom. The maximum Gasteiger partial charge on any atom is 0.203 e. The lowest BCUT2D eigenvalue weighted by atomic mass is 10.0. The van der Waals surface area contributed by atoms with Crippen molar-refractivity contribution in [1.82, 2.24) is 0 Å². The summed E-state index contributed by atoms with van der Waals surface area (Å²) in [4.78, 5) is 0. The first-order chi connectivity index (χ1) is 16.7. The van der Waals surface area contributed by atoms with Crippen LogP contribution in [-0.4, -0.2) is 64.2 Å². The molecule has 0 saturated carbocycles. The summed E-state index contributed by atoms with van der Waals surface area (Å²) in [6, 6.07) is 8.86. The topological polar surface area (TPSA) is 121 Å². The molecule has 2 aromatic carbocycles. The van der Waals surface area contributed by atoms with Crippen molar-refractivity contribution >= 4 is 9.84 Å². The summed E-state index contributed by atoms with van der Waals surface area (Å²) in [6.45, 7) is 1.57. The van der Waals surface area contributed by atoms with Crippen molar-refractivity contribution in [2.45, 2.75) is 44.5 Å². The quantitative estimate of drug-likeness (QED) is 0.413. The highest BCUT2D eigenvalue weighted by molar-refractivity contribution is 7.91. The van der Waals surface area contributed by atoms with Crippen molar-refractivity contribution in [2.24, 2.45) is 0 Å². The van der Waals surface area contributed by atoms with Crippen LogP contribution in [0.1, 0.15) is 49.5 Å². The maximum absolute atomic E-state index is 11.8. The van der Waals surface area contributed by atoms with Crippen LogP contribution in [0.25, 0.3) is 0 Å². The van der Waals surface area contributed by atoms with E-state index in [-0.39, 0.29) is 48.2 Å². The smallest absolute Gasteiger partial charge is 0.203 e. The molecule has 0 bridgehead atoms. The molecule has 0 amide bonds. The summed E-state index contributed by atoms with van der Waals surface area (Å²) in [7, 11) is 1.36. The van der Waals surface area contributed by atoms with Crippen LogP contribution in [0.3, 0.4) is 0 Å². The molecule has 1 aliphatic heterocycles. The number of aliphatic hydroxyl groups is 1. The minimum absolute atomic E-state index is 0.0332. The van der Waals surface area contributed by atoms with E-state index in [2.05, 4.69) is 0 Å². The van der Waals surface area contributed by atoms with Gasteiger partial charge in [-0.25, -0.2) is 8.42 Å². The zero-order valence-corrected chi connectivity index (χ0v) is 21.3. The average molecular weight is 511 g/mol. The Labute approximate surface area is 206 Å². The second-order valence-corrected chi connectivity index (χ2v) is 10.8. The third-order valence-electron chi connectivity index (χ3n) is 5.79. The number of rotatable bonds is 12. The molecule has 2 aromatic rings. The average Bonchev–Trinajstić information content (AvgIpc) is 3.31.